The van der Waals surface area contributed by atoms with Crippen molar-refractivity contribution in [3.8, 4) is 23.7 Å². The van der Waals surface area contributed by atoms with Crippen molar-refractivity contribution in [3.05, 3.63) is 58.6 Å². The Labute approximate surface area is 178 Å². The van der Waals surface area contributed by atoms with Gasteiger partial charge in [0.2, 0.25) is 5.60 Å². The summed E-state index contributed by atoms with van der Waals surface area (Å²) in [7, 11) is 0. The number of thioether (sulfide) groups is 1. The van der Waals surface area contributed by atoms with Crippen LogP contribution in [0.25, 0.3) is 0 Å². The minimum atomic E-state index is -1.88. The van der Waals surface area contributed by atoms with E-state index >= 15 is 0 Å². The topological polar surface area (TPSA) is 93.4 Å². The Kier molecular flexibility index (Phi) is 6.71. The van der Waals surface area contributed by atoms with Gasteiger partial charge in [-0.3, -0.25) is 4.79 Å². The summed E-state index contributed by atoms with van der Waals surface area (Å²) in [6, 6.07) is 12.8. The highest BCUT2D eigenvalue weighted by Crippen LogP contribution is 2.33. The van der Waals surface area contributed by atoms with Gasteiger partial charge >= 0.3 is 0 Å². The number of halogens is 1. The lowest BCUT2D eigenvalue weighted by Crippen LogP contribution is -2.49. The third kappa shape index (κ3) is 5.05. The maximum atomic E-state index is 13.1. The van der Waals surface area contributed by atoms with Crippen LogP contribution in [0.2, 0.25) is 5.02 Å². The highest BCUT2D eigenvalue weighted by atomic mass is 35.5. The van der Waals surface area contributed by atoms with Crippen LogP contribution >= 0.6 is 23.4 Å². The maximum Gasteiger partial charge on any atom is 0.269 e. The quantitative estimate of drug-likeness (QED) is 0.649. The van der Waals surface area contributed by atoms with Gasteiger partial charge in [-0.05, 0) is 66.8 Å². The molecule has 3 N–H and O–H groups in total. The number of nitrogens with one attached hydrogen (secondary N) is 1. The molecule has 1 fully saturated rings. The zero-order chi connectivity index (χ0) is 20.9. The fourth-order valence-electron chi connectivity index (χ4n) is 3.08. The molecule has 1 heterocycles. The standard InChI is InChI=1S/C22H19ClN2O3S/c23-20-13-18(4-3-16(20)14-24)25-21(27)22(28,17-8-11-29-12-9-17)10-7-15-1-5-19(26)6-2-15/h1-6,13,17,26,28H,8-9,11-12H2,(H,25,27). The molecule has 0 bridgehead atoms. The lowest BCUT2D eigenvalue weighted by Gasteiger charge is -2.33. The lowest BCUT2D eigenvalue weighted by atomic mass is 9.82. The second kappa shape index (κ2) is 9.24. The Hall–Kier alpha value is -2.64. The molecule has 1 aliphatic heterocycles. The van der Waals surface area contributed by atoms with Crippen molar-refractivity contribution in [1.82, 2.24) is 0 Å². The van der Waals surface area contributed by atoms with Gasteiger partial charge in [-0.15, -0.1) is 0 Å². The van der Waals surface area contributed by atoms with E-state index in [1.165, 1.54) is 24.3 Å². The molecule has 2 aromatic carbocycles. The van der Waals surface area contributed by atoms with Gasteiger partial charge in [-0.25, -0.2) is 0 Å². The number of hydrogen-bond acceptors (Lipinski definition) is 5. The predicted molar refractivity (Wildman–Crippen MR) is 115 cm³/mol. The van der Waals surface area contributed by atoms with Crippen LogP contribution in [0.15, 0.2) is 42.5 Å². The summed E-state index contributed by atoms with van der Waals surface area (Å²) in [5.41, 5.74) is -0.606. The van der Waals surface area contributed by atoms with Gasteiger partial charge in [-0.2, -0.15) is 17.0 Å². The highest BCUT2D eigenvalue weighted by molar-refractivity contribution is 7.99. The van der Waals surface area contributed by atoms with Crippen LogP contribution in [-0.2, 0) is 4.79 Å². The second-order valence-corrected chi connectivity index (χ2v) is 8.34. The normalized spacial score (nSPS) is 16.0. The molecule has 29 heavy (non-hydrogen) atoms. The van der Waals surface area contributed by atoms with Gasteiger partial charge in [0.1, 0.15) is 11.8 Å². The molecule has 1 aliphatic rings. The first-order valence-electron chi connectivity index (χ1n) is 9.06. The first kappa shape index (κ1) is 21.1. The van der Waals surface area contributed by atoms with E-state index in [2.05, 4.69) is 17.2 Å². The Morgan fingerprint density at radius 1 is 1.21 bits per heavy atom. The number of rotatable bonds is 3. The molecule has 0 spiro atoms. The van der Waals surface area contributed by atoms with E-state index in [0.29, 0.717) is 29.7 Å². The van der Waals surface area contributed by atoms with Gasteiger partial charge in [0.15, 0.2) is 0 Å². The maximum absolute atomic E-state index is 13.1. The first-order valence-corrected chi connectivity index (χ1v) is 10.6. The number of hydrogen-bond donors (Lipinski definition) is 3. The van der Waals surface area contributed by atoms with E-state index in [9.17, 15) is 15.0 Å². The molecule has 0 aliphatic carbocycles. The average Bonchev–Trinajstić information content (AvgIpc) is 2.74. The lowest BCUT2D eigenvalue weighted by molar-refractivity contribution is -0.133. The molecule has 3 rings (SSSR count). The summed E-state index contributed by atoms with van der Waals surface area (Å²) in [4.78, 5) is 13.1. The third-order valence-corrected chi connectivity index (χ3v) is 6.13. The van der Waals surface area contributed by atoms with E-state index in [0.717, 1.165) is 11.5 Å². The summed E-state index contributed by atoms with van der Waals surface area (Å²) in [6.45, 7) is 0. The molecule has 1 atom stereocenters. The zero-order valence-corrected chi connectivity index (χ0v) is 17.1. The van der Waals surface area contributed by atoms with E-state index < -0.39 is 11.5 Å². The molecule has 148 valence electrons. The largest absolute Gasteiger partial charge is 0.508 e. The number of phenols is 1. The molecule has 1 unspecified atom stereocenters. The van der Waals surface area contributed by atoms with Gasteiger partial charge in [0.25, 0.3) is 5.91 Å². The van der Waals surface area contributed by atoms with Gasteiger partial charge in [-0.1, -0.05) is 23.4 Å². The molecule has 0 saturated carbocycles. The average molecular weight is 427 g/mol. The number of carbonyl (C=O) groups is 1. The number of benzene rings is 2. The van der Waals surface area contributed by atoms with Crippen molar-refractivity contribution >= 4 is 35.0 Å². The number of phenolic OH excluding ortho intramolecular Hbond substituents is 1. The van der Waals surface area contributed by atoms with E-state index in [1.807, 2.05) is 6.07 Å². The number of aromatic hydroxyl groups is 1. The smallest absolute Gasteiger partial charge is 0.269 e. The SMILES string of the molecule is N#Cc1ccc(NC(=O)C(O)(C#Cc2ccc(O)cc2)C2CCSCC2)cc1Cl. The van der Waals surface area contributed by atoms with Crippen LogP contribution in [0, 0.1) is 29.1 Å². The molecule has 1 saturated heterocycles. The number of amides is 1. The third-order valence-electron chi connectivity index (χ3n) is 4.77. The zero-order valence-electron chi connectivity index (χ0n) is 15.5. The molecule has 0 aromatic heterocycles. The van der Waals surface area contributed by atoms with Crippen LogP contribution in [0.1, 0.15) is 24.0 Å². The number of nitrogens with zero attached hydrogens (tertiary/aromatic N) is 1. The summed E-state index contributed by atoms with van der Waals surface area (Å²) in [6.07, 6.45) is 1.35. The number of carbonyl (C=O) groups excluding carboxylic acids is 1. The van der Waals surface area contributed by atoms with Crippen molar-refractivity contribution in [1.29, 1.82) is 5.26 Å². The summed E-state index contributed by atoms with van der Waals surface area (Å²) in [5.74, 6) is 6.53. The van der Waals surface area contributed by atoms with Crippen LogP contribution in [0.3, 0.4) is 0 Å². The molecule has 0 radical (unpaired) electrons. The number of anilines is 1. The van der Waals surface area contributed by atoms with E-state index in [4.69, 9.17) is 16.9 Å². The fraction of sp³-hybridized carbons (Fsp3) is 0.273. The van der Waals surface area contributed by atoms with Gasteiger partial charge in [0.05, 0.1) is 10.6 Å². The Balaban J connectivity index is 1.90. The monoisotopic (exact) mass is 426 g/mol. The van der Waals surface area contributed by atoms with Crippen molar-refractivity contribution < 1.29 is 15.0 Å². The van der Waals surface area contributed by atoms with E-state index in [1.54, 1.807) is 30.0 Å². The van der Waals surface area contributed by atoms with Crippen molar-refractivity contribution in [2.24, 2.45) is 5.92 Å². The fourth-order valence-corrected chi connectivity index (χ4v) is 4.41. The van der Waals surface area contributed by atoms with Crippen molar-refractivity contribution in [3.63, 3.8) is 0 Å². The van der Waals surface area contributed by atoms with Crippen LogP contribution in [0.4, 0.5) is 5.69 Å². The van der Waals surface area contributed by atoms with Crippen LogP contribution in [0.5, 0.6) is 5.75 Å². The van der Waals surface area contributed by atoms with Gasteiger partial charge in [0, 0.05) is 17.2 Å². The second-order valence-electron chi connectivity index (χ2n) is 6.71. The number of aliphatic hydroxyl groups is 1. The number of nitriles is 1. The van der Waals surface area contributed by atoms with Gasteiger partial charge < -0.3 is 15.5 Å². The predicted octanol–water partition coefficient (Wildman–Crippen LogP) is 3.78. The van der Waals surface area contributed by atoms with Crippen molar-refractivity contribution in [2.45, 2.75) is 18.4 Å². The molecule has 7 heteroatoms. The Bertz CT molecular complexity index is 1000. The molecule has 2 aromatic rings. The molecular formula is C22H19ClN2O3S. The van der Waals surface area contributed by atoms with Crippen LogP contribution in [-0.4, -0.2) is 33.2 Å². The summed E-state index contributed by atoms with van der Waals surface area (Å²) < 4.78 is 0. The van der Waals surface area contributed by atoms with E-state index in [-0.39, 0.29) is 16.7 Å². The molecule has 1 amide bonds. The summed E-state index contributed by atoms with van der Waals surface area (Å²) >= 11 is 7.83. The molecular weight excluding hydrogens is 408 g/mol. The Morgan fingerprint density at radius 3 is 2.52 bits per heavy atom. The highest BCUT2D eigenvalue weighted by Gasteiger charge is 2.43. The minimum absolute atomic E-state index is 0.116. The first-order chi connectivity index (χ1) is 13.9. The van der Waals surface area contributed by atoms with Crippen LogP contribution < -0.4 is 5.32 Å². The summed E-state index contributed by atoms with van der Waals surface area (Å²) in [5, 5.41) is 32.6. The Morgan fingerprint density at radius 2 is 1.90 bits per heavy atom. The molecule has 5 nitrogen and oxygen atoms in total. The minimum Gasteiger partial charge on any atom is -0.508 e. The van der Waals surface area contributed by atoms with Crippen molar-refractivity contribution in [2.75, 3.05) is 16.8 Å².